The number of hydrogen-bond acceptors (Lipinski definition) is 3. The van der Waals surface area contributed by atoms with E-state index in [-0.39, 0.29) is 11.3 Å². The van der Waals surface area contributed by atoms with Gasteiger partial charge >= 0.3 is 5.97 Å². The fourth-order valence-electron chi connectivity index (χ4n) is 2.94. The summed E-state index contributed by atoms with van der Waals surface area (Å²) in [5.74, 6) is 4.40. The molecule has 0 heterocycles. The average Bonchev–Trinajstić information content (AvgIpc) is 2.78. The number of esters is 1. The van der Waals surface area contributed by atoms with Crippen molar-refractivity contribution in [3.63, 3.8) is 0 Å². The lowest BCUT2D eigenvalue weighted by Crippen LogP contribution is -2.08. The van der Waals surface area contributed by atoms with Crippen molar-refractivity contribution >= 4 is 5.97 Å². The van der Waals surface area contributed by atoms with E-state index in [1.807, 2.05) is 24.3 Å². The number of unbranched alkanes of at least 4 members (excludes halogenated alkanes) is 3. The lowest BCUT2D eigenvalue weighted by atomic mass is 10.1. The van der Waals surface area contributed by atoms with Gasteiger partial charge in [0.05, 0.1) is 12.2 Å². The van der Waals surface area contributed by atoms with Gasteiger partial charge in [0.1, 0.15) is 23.1 Å². The topological polar surface area (TPSA) is 35.5 Å². The van der Waals surface area contributed by atoms with Crippen LogP contribution in [0.15, 0.2) is 66.7 Å². The van der Waals surface area contributed by atoms with E-state index in [1.165, 1.54) is 19.3 Å². The maximum atomic E-state index is 13.2. The van der Waals surface area contributed by atoms with Gasteiger partial charge in [-0.3, -0.25) is 0 Å². The summed E-state index contributed by atoms with van der Waals surface area (Å²) in [7, 11) is 0. The van der Waals surface area contributed by atoms with Crippen LogP contribution in [0.1, 0.15) is 54.1 Å². The van der Waals surface area contributed by atoms with Gasteiger partial charge in [-0.1, -0.05) is 38.0 Å². The third-order valence-electron chi connectivity index (χ3n) is 4.64. The lowest BCUT2D eigenvalue weighted by Gasteiger charge is -2.05. The second-order valence-electron chi connectivity index (χ2n) is 7.26. The number of carbonyl (C=O) groups is 1. The number of carbonyl (C=O) groups excluding carboxylic acids is 1. The zero-order valence-electron chi connectivity index (χ0n) is 17.9. The van der Waals surface area contributed by atoms with Crippen LogP contribution in [0.2, 0.25) is 0 Å². The van der Waals surface area contributed by atoms with Crippen LogP contribution in [-0.4, -0.2) is 12.6 Å². The van der Waals surface area contributed by atoms with Gasteiger partial charge in [0.15, 0.2) is 0 Å². The van der Waals surface area contributed by atoms with Crippen molar-refractivity contribution in [2.45, 2.75) is 32.6 Å². The first-order valence-electron chi connectivity index (χ1n) is 10.6. The summed E-state index contributed by atoms with van der Waals surface area (Å²) in [6, 6.07) is 16.7. The van der Waals surface area contributed by atoms with E-state index in [1.54, 1.807) is 24.3 Å². The largest absolute Gasteiger partial charge is 0.494 e. The SMILES string of the molecule is CCCCCCOc1ccc(C#Cc2ccc(C(=O)Oc3cc(F)cc(F)c3)cc2)cc1. The first kappa shape index (κ1) is 23.0. The highest BCUT2D eigenvalue weighted by Gasteiger charge is 2.10. The van der Waals surface area contributed by atoms with E-state index in [0.717, 1.165) is 35.4 Å². The Balaban J connectivity index is 1.55. The van der Waals surface area contributed by atoms with Crippen molar-refractivity contribution in [1.82, 2.24) is 0 Å². The van der Waals surface area contributed by atoms with E-state index in [2.05, 4.69) is 18.8 Å². The Morgan fingerprint density at radius 1 is 0.781 bits per heavy atom. The molecule has 0 saturated carbocycles. The third-order valence-corrected chi connectivity index (χ3v) is 4.64. The molecule has 0 fully saturated rings. The highest BCUT2D eigenvalue weighted by Crippen LogP contribution is 2.17. The van der Waals surface area contributed by atoms with Crippen molar-refractivity contribution in [2.75, 3.05) is 6.61 Å². The predicted molar refractivity (Wildman–Crippen MR) is 120 cm³/mol. The number of halogens is 2. The van der Waals surface area contributed by atoms with Crippen LogP contribution < -0.4 is 9.47 Å². The monoisotopic (exact) mass is 434 g/mol. The van der Waals surface area contributed by atoms with Crippen LogP contribution in [0.3, 0.4) is 0 Å². The molecule has 3 aromatic rings. The van der Waals surface area contributed by atoms with Crippen molar-refractivity contribution in [1.29, 1.82) is 0 Å². The molecule has 0 saturated heterocycles. The molecule has 32 heavy (non-hydrogen) atoms. The van der Waals surface area contributed by atoms with Gasteiger partial charge in [-0.2, -0.15) is 0 Å². The second-order valence-corrected chi connectivity index (χ2v) is 7.26. The summed E-state index contributed by atoms with van der Waals surface area (Å²) in [4.78, 5) is 12.2. The van der Waals surface area contributed by atoms with E-state index < -0.39 is 17.6 Å². The van der Waals surface area contributed by atoms with Gasteiger partial charge in [0.2, 0.25) is 0 Å². The van der Waals surface area contributed by atoms with E-state index >= 15 is 0 Å². The number of rotatable bonds is 8. The Morgan fingerprint density at radius 2 is 1.38 bits per heavy atom. The van der Waals surface area contributed by atoms with Crippen molar-refractivity contribution in [3.8, 4) is 23.3 Å². The normalized spacial score (nSPS) is 10.2. The molecular weight excluding hydrogens is 410 g/mol. The molecule has 3 rings (SSSR count). The Labute approximate surface area is 187 Å². The molecule has 0 radical (unpaired) electrons. The molecule has 5 heteroatoms. The number of benzene rings is 3. The fraction of sp³-hybridized carbons (Fsp3) is 0.222. The van der Waals surface area contributed by atoms with Gasteiger partial charge < -0.3 is 9.47 Å². The molecule has 0 aromatic heterocycles. The van der Waals surface area contributed by atoms with E-state index in [4.69, 9.17) is 9.47 Å². The summed E-state index contributed by atoms with van der Waals surface area (Å²) in [6.07, 6.45) is 4.67. The van der Waals surface area contributed by atoms with Gasteiger partial charge in [-0.15, -0.1) is 0 Å². The average molecular weight is 434 g/mol. The van der Waals surface area contributed by atoms with Crippen LogP contribution in [0.5, 0.6) is 11.5 Å². The molecule has 0 N–H and O–H groups in total. The molecule has 0 amide bonds. The van der Waals surface area contributed by atoms with Gasteiger partial charge in [-0.25, -0.2) is 13.6 Å². The Kier molecular flexibility index (Phi) is 8.39. The summed E-state index contributed by atoms with van der Waals surface area (Å²) in [5.41, 5.74) is 1.82. The Hall–Kier alpha value is -3.65. The molecule has 0 unspecified atom stereocenters. The van der Waals surface area contributed by atoms with Crippen molar-refractivity contribution < 1.29 is 23.0 Å². The minimum absolute atomic E-state index is 0.190. The van der Waals surface area contributed by atoms with Crippen molar-refractivity contribution in [2.24, 2.45) is 0 Å². The zero-order valence-corrected chi connectivity index (χ0v) is 17.9. The van der Waals surface area contributed by atoms with Crippen LogP contribution in [0.25, 0.3) is 0 Å². The first-order valence-corrected chi connectivity index (χ1v) is 10.6. The summed E-state index contributed by atoms with van der Waals surface area (Å²) < 4.78 is 37.2. The van der Waals surface area contributed by atoms with Gasteiger partial charge in [0, 0.05) is 29.3 Å². The molecule has 0 bridgehead atoms. The molecular formula is C27H24F2O3. The minimum atomic E-state index is -0.815. The summed E-state index contributed by atoms with van der Waals surface area (Å²) in [5, 5.41) is 0. The molecule has 0 spiro atoms. The molecule has 0 aliphatic rings. The minimum Gasteiger partial charge on any atom is -0.494 e. The van der Waals surface area contributed by atoms with Crippen LogP contribution >= 0.6 is 0 Å². The maximum absolute atomic E-state index is 13.2. The van der Waals surface area contributed by atoms with Crippen molar-refractivity contribution in [3.05, 3.63) is 95.1 Å². The summed E-state index contributed by atoms with van der Waals surface area (Å²) in [6.45, 7) is 2.90. The third kappa shape index (κ3) is 7.24. The number of ether oxygens (including phenoxy) is 2. The lowest BCUT2D eigenvalue weighted by molar-refractivity contribution is 0.0734. The zero-order chi connectivity index (χ0) is 22.8. The highest BCUT2D eigenvalue weighted by molar-refractivity contribution is 5.91. The second kappa shape index (κ2) is 11.7. The van der Waals surface area contributed by atoms with E-state index in [9.17, 15) is 13.6 Å². The summed E-state index contributed by atoms with van der Waals surface area (Å²) >= 11 is 0. The smallest absolute Gasteiger partial charge is 0.343 e. The Morgan fingerprint density at radius 3 is 1.97 bits per heavy atom. The fourth-order valence-corrected chi connectivity index (χ4v) is 2.94. The first-order chi connectivity index (χ1) is 15.5. The van der Waals surface area contributed by atoms with Gasteiger partial charge in [-0.05, 0) is 55.0 Å². The highest BCUT2D eigenvalue weighted by atomic mass is 19.1. The predicted octanol–water partition coefficient (Wildman–Crippen LogP) is 6.54. The number of hydrogen-bond donors (Lipinski definition) is 0. The molecule has 3 nitrogen and oxygen atoms in total. The molecule has 3 aromatic carbocycles. The standard InChI is InChI=1S/C27H24F2O3/c1-2-3-4-5-16-31-25-14-10-21(11-15-25)7-6-20-8-12-22(13-9-20)27(30)32-26-18-23(28)17-24(29)19-26/h8-15,17-19H,2-5,16H2,1H3. The van der Waals surface area contributed by atoms with Gasteiger partial charge in [0.25, 0.3) is 0 Å². The Bertz CT molecular complexity index is 1070. The van der Waals surface area contributed by atoms with Crippen LogP contribution in [0, 0.1) is 23.5 Å². The molecule has 0 aliphatic carbocycles. The quantitative estimate of drug-likeness (QED) is 0.175. The van der Waals surface area contributed by atoms with Crippen LogP contribution in [-0.2, 0) is 0 Å². The van der Waals surface area contributed by atoms with Crippen LogP contribution in [0.4, 0.5) is 8.78 Å². The molecule has 0 aliphatic heterocycles. The van der Waals surface area contributed by atoms with E-state index in [0.29, 0.717) is 12.7 Å². The molecule has 0 atom stereocenters. The maximum Gasteiger partial charge on any atom is 0.343 e. The molecule has 164 valence electrons.